The summed E-state index contributed by atoms with van der Waals surface area (Å²) >= 11 is 3.53. The van der Waals surface area contributed by atoms with Crippen LogP contribution in [-0.4, -0.2) is 23.6 Å². The van der Waals surface area contributed by atoms with E-state index >= 15 is 0 Å². The molecule has 27 heavy (non-hydrogen) atoms. The van der Waals surface area contributed by atoms with Crippen molar-refractivity contribution in [2.45, 2.75) is 39.0 Å². The Morgan fingerprint density at radius 1 is 1.15 bits per heavy atom. The summed E-state index contributed by atoms with van der Waals surface area (Å²) in [5, 5.41) is 11.8. The number of benzene rings is 2. The predicted molar refractivity (Wildman–Crippen MR) is 110 cm³/mol. The molecule has 0 aliphatic heterocycles. The summed E-state index contributed by atoms with van der Waals surface area (Å²) in [6.07, 6.45) is 0.764. The molecule has 0 fully saturated rings. The minimum absolute atomic E-state index is 0.0609. The lowest BCUT2D eigenvalue weighted by molar-refractivity contribution is -0.116. The molecule has 0 saturated carbocycles. The van der Waals surface area contributed by atoms with E-state index in [0.717, 1.165) is 10.2 Å². The standard InChI is InChI=1S/C21H24BrNO4/c1-21(2,3)14-10-11-18(16(22)13-14)27-12-6-9-19(24)23-17-8-5-4-7-15(17)20(25)26/h4-5,7-8,10-11,13H,6,9,12H2,1-3H3,(H,23,24)(H,25,26). The van der Waals surface area contributed by atoms with Crippen LogP contribution in [-0.2, 0) is 10.2 Å². The highest BCUT2D eigenvalue weighted by molar-refractivity contribution is 9.10. The zero-order chi connectivity index (χ0) is 20.0. The van der Waals surface area contributed by atoms with Gasteiger partial charge >= 0.3 is 5.97 Å². The molecule has 0 spiro atoms. The molecule has 6 heteroatoms. The zero-order valence-electron chi connectivity index (χ0n) is 15.7. The lowest BCUT2D eigenvalue weighted by Gasteiger charge is -2.20. The van der Waals surface area contributed by atoms with Crippen LogP contribution in [0.3, 0.4) is 0 Å². The largest absolute Gasteiger partial charge is 0.492 e. The van der Waals surface area contributed by atoms with Gasteiger partial charge < -0.3 is 15.2 Å². The number of aromatic carboxylic acids is 1. The van der Waals surface area contributed by atoms with Crippen molar-refractivity contribution in [1.82, 2.24) is 0 Å². The smallest absolute Gasteiger partial charge is 0.337 e. The van der Waals surface area contributed by atoms with Crippen molar-refractivity contribution in [3.63, 3.8) is 0 Å². The lowest BCUT2D eigenvalue weighted by Crippen LogP contribution is -2.15. The van der Waals surface area contributed by atoms with Gasteiger partial charge in [0, 0.05) is 6.42 Å². The van der Waals surface area contributed by atoms with Gasteiger partial charge in [-0.3, -0.25) is 4.79 Å². The van der Waals surface area contributed by atoms with E-state index in [9.17, 15) is 9.59 Å². The van der Waals surface area contributed by atoms with E-state index in [1.165, 1.54) is 11.6 Å². The minimum Gasteiger partial charge on any atom is -0.492 e. The monoisotopic (exact) mass is 433 g/mol. The number of hydrogen-bond donors (Lipinski definition) is 2. The van der Waals surface area contributed by atoms with Crippen LogP contribution in [0.1, 0.15) is 49.5 Å². The van der Waals surface area contributed by atoms with E-state index in [1.54, 1.807) is 18.2 Å². The number of nitrogens with one attached hydrogen (secondary N) is 1. The van der Waals surface area contributed by atoms with Gasteiger partial charge in [0.25, 0.3) is 0 Å². The van der Waals surface area contributed by atoms with Crippen molar-refractivity contribution in [1.29, 1.82) is 0 Å². The summed E-state index contributed by atoms with van der Waals surface area (Å²) in [7, 11) is 0. The predicted octanol–water partition coefficient (Wildman–Crippen LogP) is 5.24. The highest BCUT2D eigenvalue weighted by Gasteiger charge is 2.15. The molecule has 0 saturated heterocycles. The summed E-state index contributed by atoms with van der Waals surface area (Å²) in [6, 6.07) is 12.3. The van der Waals surface area contributed by atoms with Crippen LogP contribution < -0.4 is 10.1 Å². The first-order chi connectivity index (χ1) is 12.7. The van der Waals surface area contributed by atoms with E-state index in [0.29, 0.717) is 18.7 Å². The molecule has 0 heterocycles. The van der Waals surface area contributed by atoms with Crippen molar-refractivity contribution in [3.05, 3.63) is 58.1 Å². The topological polar surface area (TPSA) is 75.6 Å². The zero-order valence-corrected chi connectivity index (χ0v) is 17.3. The van der Waals surface area contributed by atoms with Crippen molar-refractivity contribution < 1.29 is 19.4 Å². The summed E-state index contributed by atoms with van der Waals surface area (Å²) in [5.74, 6) is -0.577. The number of anilines is 1. The molecule has 2 rings (SSSR count). The van der Waals surface area contributed by atoms with Crippen molar-refractivity contribution in [2.75, 3.05) is 11.9 Å². The van der Waals surface area contributed by atoms with Crippen molar-refractivity contribution >= 4 is 33.5 Å². The Balaban J connectivity index is 1.84. The Morgan fingerprint density at radius 2 is 1.85 bits per heavy atom. The van der Waals surface area contributed by atoms with Crippen LogP contribution in [0.4, 0.5) is 5.69 Å². The molecule has 2 N–H and O–H groups in total. The number of carbonyl (C=O) groups is 2. The van der Waals surface area contributed by atoms with Crippen LogP contribution >= 0.6 is 15.9 Å². The van der Waals surface area contributed by atoms with Crippen molar-refractivity contribution in [3.8, 4) is 5.75 Å². The third-order valence-electron chi connectivity index (χ3n) is 4.04. The van der Waals surface area contributed by atoms with Crippen LogP contribution in [0.15, 0.2) is 46.9 Å². The summed E-state index contributed by atoms with van der Waals surface area (Å²) in [6.45, 7) is 6.84. The van der Waals surface area contributed by atoms with Crippen LogP contribution in [0, 0.1) is 0 Å². The number of ether oxygens (including phenoxy) is 1. The number of amides is 1. The average Bonchev–Trinajstić information content (AvgIpc) is 2.59. The molecule has 0 unspecified atom stereocenters. The first-order valence-electron chi connectivity index (χ1n) is 8.73. The highest BCUT2D eigenvalue weighted by Crippen LogP contribution is 2.31. The van der Waals surface area contributed by atoms with Gasteiger partial charge in [-0.25, -0.2) is 4.79 Å². The van der Waals surface area contributed by atoms with E-state index in [2.05, 4.69) is 42.0 Å². The molecule has 0 aliphatic rings. The Bertz CT molecular complexity index is 827. The first-order valence-corrected chi connectivity index (χ1v) is 9.53. The molecule has 2 aromatic carbocycles. The van der Waals surface area contributed by atoms with Crippen LogP contribution in [0.25, 0.3) is 0 Å². The van der Waals surface area contributed by atoms with Gasteiger partial charge in [0.2, 0.25) is 5.91 Å². The molecule has 1 amide bonds. The fourth-order valence-corrected chi connectivity index (χ4v) is 2.98. The maximum absolute atomic E-state index is 12.1. The first kappa shape index (κ1) is 21.0. The van der Waals surface area contributed by atoms with Gasteiger partial charge in [-0.15, -0.1) is 0 Å². The molecule has 0 radical (unpaired) electrons. The summed E-state index contributed by atoms with van der Waals surface area (Å²) in [5.41, 5.74) is 1.64. The highest BCUT2D eigenvalue weighted by atomic mass is 79.9. The van der Waals surface area contributed by atoms with E-state index in [4.69, 9.17) is 9.84 Å². The number of hydrogen-bond acceptors (Lipinski definition) is 3. The Kier molecular flexibility index (Phi) is 7.02. The summed E-state index contributed by atoms with van der Waals surface area (Å²) < 4.78 is 6.63. The number of para-hydroxylation sites is 1. The van der Waals surface area contributed by atoms with Gasteiger partial charge in [0.05, 0.1) is 22.3 Å². The fraction of sp³-hybridized carbons (Fsp3) is 0.333. The molecule has 0 atom stereocenters. The second kappa shape index (κ2) is 9.04. The number of carboxylic acids is 1. The SMILES string of the molecule is CC(C)(C)c1ccc(OCCCC(=O)Nc2ccccc2C(=O)O)c(Br)c1. The molecule has 2 aromatic rings. The molecule has 5 nitrogen and oxygen atoms in total. The molecular formula is C21H24BrNO4. The third-order valence-corrected chi connectivity index (χ3v) is 4.65. The normalized spacial score (nSPS) is 11.1. The minimum atomic E-state index is -1.07. The maximum atomic E-state index is 12.1. The summed E-state index contributed by atoms with van der Waals surface area (Å²) in [4.78, 5) is 23.2. The maximum Gasteiger partial charge on any atom is 0.337 e. The van der Waals surface area contributed by atoms with Gasteiger partial charge in [0.1, 0.15) is 5.75 Å². The number of carbonyl (C=O) groups excluding carboxylic acids is 1. The number of halogens is 1. The van der Waals surface area contributed by atoms with Crippen LogP contribution in [0.2, 0.25) is 0 Å². The van der Waals surface area contributed by atoms with E-state index in [-0.39, 0.29) is 23.3 Å². The number of rotatable bonds is 7. The molecule has 0 aliphatic carbocycles. The second-order valence-corrected chi connectivity index (χ2v) is 8.10. The molecule has 0 bridgehead atoms. The van der Waals surface area contributed by atoms with Crippen LogP contribution in [0.5, 0.6) is 5.75 Å². The van der Waals surface area contributed by atoms with Gasteiger partial charge in [0.15, 0.2) is 0 Å². The van der Waals surface area contributed by atoms with Gasteiger partial charge in [-0.05, 0) is 57.6 Å². The average molecular weight is 434 g/mol. The molecule has 0 aromatic heterocycles. The molecular weight excluding hydrogens is 410 g/mol. The van der Waals surface area contributed by atoms with Gasteiger partial charge in [-0.2, -0.15) is 0 Å². The van der Waals surface area contributed by atoms with Gasteiger partial charge in [-0.1, -0.05) is 39.0 Å². The number of carboxylic acid groups (broad SMARTS) is 1. The third kappa shape index (κ3) is 6.10. The Labute approximate surface area is 167 Å². The Morgan fingerprint density at radius 3 is 2.48 bits per heavy atom. The van der Waals surface area contributed by atoms with E-state index < -0.39 is 5.97 Å². The lowest BCUT2D eigenvalue weighted by atomic mass is 9.87. The second-order valence-electron chi connectivity index (χ2n) is 7.25. The molecule has 144 valence electrons. The van der Waals surface area contributed by atoms with E-state index in [1.807, 2.05) is 18.2 Å². The quantitative estimate of drug-likeness (QED) is 0.585. The Hall–Kier alpha value is -2.34. The van der Waals surface area contributed by atoms with Crippen molar-refractivity contribution in [2.24, 2.45) is 0 Å². The fourth-order valence-electron chi connectivity index (χ4n) is 2.49.